The zero-order valence-electron chi connectivity index (χ0n) is 15.8. The fraction of sp³-hybridized carbons (Fsp3) is 0.286. The number of rotatable bonds is 2. The van der Waals surface area contributed by atoms with Crippen molar-refractivity contribution in [3.63, 3.8) is 0 Å². The number of methoxy groups -OCH3 is 1. The summed E-state index contributed by atoms with van der Waals surface area (Å²) in [4.78, 5) is 6.20. The maximum absolute atomic E-state index is 4.98. The van der Waals surface area contributed by atoms with Gasteiger partial charge in [0.05, 0.1) is 5.71 Å². The molecule has 4 rings (SSSR count). The van der Waals surface area contributed by atoms with E-state index in [1.807, 2.05) is 19.1 Å². The zero-order chi connectivity index (χ0) is 19.0. The van der Waals surface area contributed by atoms with E-state index in [0.717, 1.165) is 33.5 Å². The lowest BCUT2D eigenvalue weighted by Gasteiger charge is -2.09. The Balaban J connectivity index is 1.81. The molecule has 1 aliphatic rings. The molecule has 0 saturated heterocycles. The van der Waals surface area contributed by atoms with E-state index in [4.69, 9.17) is 9.73 Å². The molecule has 2 aromatic heterocycles. The molecule has 0 spiro atoms. The summed E-state index contributed by atoms with van der Waals surface area (Å²) >= 11 is 1.77. The number of hydrogen-bond donors (Lipinski definition) is 0. The van der Waals surface area contributed by atoms with Crippen molar-refractivity contribution in [3.05, 3.63) is 63.0 Å². The molecule has 3 aromatic rings. The van der Waals surface area contributed by atoms with Gasteiger partial charge in [-0.2, -0.15) is 0 Å². The van der Waals surface area contributed by atoms with Crippen molar-refractivity contribution in [2.75, 3.05) is 13.7 Å². The van der Waals surface area contributed by atoms with Crippen LogP contribution in [0.5, 0.6) is 0 Å². The monoisotopic (exact) mass is 376 g/mol. The van der Waals surface area contributed by atoms with Crippen LogP contribution in [0.15, 0.2) is 29.3 Å². The van der Waals surface area contributed by atoms with E-state index < -0.39 is 0 Å². The van der Waals surface area contributed by atoms with Crippen molar-refractivity contribution in [1.29, 1.82) is 0 Å². The van der Waals surface area contributed by atoms with Crippen molar-refractivity contribution < 1.29 is 4.74 Å². The molecule has 0 aliphatic carbocycles. The molecule has 1 aliphatic heterocycles. The number of aryl methyl sites for hydroxylation is 2. The molecule has 0 saturated carbocycles. The summed E-state index contributed by atoms with van der Waals surface area (Å²) in [5, 5.41) is 9.72. The summed E-state index contributed by atoms with van der Waals surface area (Å²) in [6.07, 6.45) is 0. The summed E-state index contributed by atoms with van der Waals surface area (Å²) in [5.41, 5.74) is 5.51. The number of hydrogen-bond acceptors (Lipinski definition) is 5. The van der Waals surface area contributed by atoms with Gasteiger partial charge in [0, 0.05) is 28.7 Å². The summed E-state index contributed by atoms with van der Waals surface area (Å²) in [6, 6.07) is 8.24. The largest absolute Gasteiger partial charge is 0.372 e. The Morgan fingerprint density at radius 1 is 1.15 bits per heavy atom. The second kappa shape index (κ2) is 7.10. The first-order valence-corrected chi connectivity index (χ1v) is 9.56. The van der Waals surface area contributed by atoms with Gasteiger partial charge in [-0.25, -0.2) is 0 Å². The van der Waals surface area contributed by atoms with E-state index in [1.165, 1.54) is 16.0 Å². The topological polar surface area (TPSA) is 52.3 Å². The molecule has 1 aromatic carbocycles. The number of aromatic nitrogens is 3. The van der Waals surface area contributed by atoms with E-state index in [-0.39, 0.29) is 0 Å². The Morgan fingerprint density at radius 2 is 1.93 bits per heavy atom. The average molecular weight is 376 g/mol. The molecule has 0 fully saturated rings. The first-order chi connectivity index (χ1) is 13.1. The van der Waals surface area contributed by atoms with E-state index in [1.54, 1.807) is 18.4 Å². The van der Waals surface area contributed by atoms with Gasteiger partial charge in [0.15, 0.2) is 5.82 Å². The van der Waals surface area contributed by atoms with Gasteiger partial charge in [-0.15, -0.1) is 21.5 Å². The Morgan fingerprint density at radius 3 is 2.67 bits per heavy atom. The standard InChI is InChI=1S/C21H20N4OS/c1-13-14(2)27-21-19(13)20(22-12-18-24-23-15(3)25(18)21)17-9-7-16(8-10-17)6-5-11-26-4/h7-10H,11-12H2,1-4H3. The van der Waals surface area contributed by atoms with Crippen molar-refractivity contribution in [2.24, 2.45) is 4.99 Å². The van der Waals surface area contributed by atoms with Gasteiger partial charge in [-0.3, -0.25) is 9.56 Å². The molecule has 0 bridgehead atoms. The van der Waals surface area contributed by atoms with Gasteiger partial charge < -0.3 is 4.74 Å². The predicted octanol–water partition coefficient (Wildman–Crippen LogP) is 3.60. The molecule has 0 amide bonds. The highest BCUT2D eigenvalue weighted by Crippen LogP contribution is 2.36. The molecule has 6 heteroatoms. The molecule has 0 N–H and O–H groups in total. The van der Waals surface area contributed by atoms with Crippen LogP contribution in [0.1, 0.15) is 38.8 Å². The molecule has 5 nitrogen and oxygen atoms in total. The van der Waals surface area contributed by atoms with Crippen molar-refractivity contribution in [2.45, 2.75) is 27.3 Å². The average Bonchev–Trinajstić information content (AvgIpc) is 3.11. The van der Waals surface area contributed by atoms with Crippen LogP contribution < -0.4 is 0 Å². The Kier molecular flexibility index (Phi) is 4.65. The Bertz CT molecular complexity index is 1090. The third kappa shape index (κ3) is 3.09. The summed E-state index contributed by atoms with van der Waals surface area (Å²) in [7, 11) is 1.65. The van der Waals surface area contributed by atoms with Gasteiger partial charge in [-0.05, 0) is 38.5 Å². The second-order valence-electron chi connectivity index (χ2n) is 6.44. The number of ether oxygens (including phenoxy) is 1. The van der Waals surface area contributed by atoms with Crippen LogP contribution >= 0.6 is 11.3 Å². The number of aliphatic imine (C=N–C) groups is 1. The third-order valence-electron chi connectivity index (χ3n) is 4.68. The first-order valence-electron chi connectivity index (χ1n) is 8.74. The van der Waals surface area contributed by atoms with Crippen LogP contribution in [0.4, 0.5) is 0 Å². The van der Waals surface area contributed by atoms with Gasteiger partial charge in [0.25, 0.3) is 0 Å². The molecule has 0 unspecified atom stereocenters. The molecule has 0 atom stereocenters. The van der Waals surface area contributed by atoms with E-state index in [2.05, 4.69) is 52.6 Å². The molecule has 3 heterocycles. The second-order valence-corrected chi connectivity index (χ2v) is 7.64. The number of thiophene rings is 1. The number of fused-ring (bicyclic) bond motifs is 3. The van der Waals surface area contributed by atoms with Crippen LogP contribution in [-0.2, 0) is 11.3 Å². The fourth-order valence-electron chi connectivity index (χ4n) is 3.20. The highest BCUT2D eigenvalue weighted by Gasteiger charge is 2.26. The van der Waals surface area contributed by atoms with Crippen molar-refractivity contribution in [3.8, 4) is 16.8 Å². The summed E-state index contributed by atoms with van der Waals surface area (Å²) in [5.74, 6) is 7.87. The van der Waals surface area contributed by atoms with Gasteiger partial charge >= 0.3 is 0 Å². The van der Waals surface area contributed by atoms with Gasteiger partial charge in [0.2, 0.25) is 0 Å². The first kappa shape index (κ1) is 17.7. The van der Waals surface area contributed by atoms with Gasteiger partial charge in [0.1, 0.15) is 24.0 Å². The Labute approximate surface area is 162 Å². The number of benzene rings is 1. The normalized spacial score (nSPS) is 12.5. The molecule has 136 valence electrons. The lowest BCUT2D eigenvalue weighted by Crippen LogP contribution is -2.07. The smallest absolute Gasteiger partial charge is 0.160 e. The lowest BCUT2D eigenvalue weighted by atomic mass is 9.99. The maximum Gasteiger partial charge on any atom is 0.160 e. The van der Waals surface area contributed by atoms with Crippen LogP contribution in [0.25, 0.3) is 5.00 Å². The third-order valence-corrected chi connectivity index (χ3v) is 5.88. The highest BCUT2D eigenvalue weighted by molar-refractivity contribution is 7.15. The van der Waals surface area contributed by atoms with E-state index in [0.29, 0.717) is 13.2 Å². The van der Waals surface area contributed by atoms with E-state index in [9.17, 15) is 0 Å². The fourth-order valence-corrected chi connectivity index (χ4v) is 4.43. The summed E-state index contributed by atoms with van der Waals surface area (Å²) < 4.78 is 7.12. The predicted molar refractivity (Wildman–Crippen MR) is 108 cm³/mol. The minimum Gasteiger partial charge on any atom is -0.372 e. The van der Waals surface area contributed by atoms with Crippen molar-refractivity contribution in [1.82, 2.24) is 14.8 Å². The Hall–Kier alpha value is -2.75. The lowest BCUT2D eigenvalue weighted by molar-refractivity contribution is 0.240. The molecular weight excluding hydrogens is 356 g/mol. The summed E-state index contributed by atoms with van der Waals surface area (Å²) in [6.45, 7) is 7.26. The van der Waals surface area contributed by atoms with Crippen molar-refractivity contribution >= 4 is 17.0 Å². The van der Waals surface area contributed by atoms with Crippen LogP contribution in [0, 0.1) is 32.6 Å². The molecule has 0 radical (unpaired) electrons. The quantitative estimate of drug-likeness (QED) is 0.642. The molecular formula is C21H20N4OS. The van der Waals surface area contributed by atoms with Gasteiger partial charge in [-0.1, -0.05) is 24.0 Å². The number of nitrogens with zero attached hydrogens (tertiary/aromatic N) is 4. The minimum absolute atomic E-state index is 0.435. The van der Waals surface area contributed by atoms with Crippen LogP contribution in [0.2, 0.25) is 0 Å². The zero-order valence-corrected chi connectivity index (χ0v) is 16.6. The minimum atomic E-state index is 0.435. The SMILES string of the molecule is COCC#Cc1ccc(C2=NCc3nnc(C)n3-c3sc(C)c(C)c32)cc1. The van der Waals surface area contributed by atoms with Crippen LogP contribution in [-0.4, -0.2) is 34.2 Å². The highest BCUT2D eigenvalue weighted by atomic mass is 32.1. The molecule has 27 heavy (non-hydrogen) atoms. The van der Waals surface area contributed by atoms with Crippen LogP contribution in [0.3, 0.4) is 0 Å². The maximum atomic E-state index is 4.98. The van der Waals surface area contributed by atoms with E-state index >= 15 is 0 Å².